The van der Waals surface area contributed by atoms with E-state index in [0.717, 1.165) is 35.4 Å². The van der Waals surface area contributed by atoms with E-state index in [0.29, 0.717) is 6.61 Å². The van der Waals surface area contributed by atoms with Gasteiger partial charge in [0.1, 0.15) is 17.4 Å². The zero-order valence-electron chi connectivity index (χ0n) is 12.8. The fourth-order valence-corrected chi connectivity index (χ4v) is 2.94. The second kappa shape index (κ2) is 6.44. The Kier molecular flexibility index (Phi) is 4.01. The number of nitrogens with one attached hydrogen (secondary N) is 1. The third-order valence-electron chi connectivity index (χ3n) is 4.11. The molecule has 1 aromatic heterocycles. The molecule has 23 heavy (non-hydrogen) atoms. The van der Waals surface area contributed by atoms with Gasteiger partial charge in [-0.1, -0.05) is 30.3 Å². The number of fused-ring (bicyclic) bond motifs is 1. The number of hydrogen-bond acceptors (Lipinski definition) is 4. The lowest BCUT2D eigenvalue weighted by Gasteiger charge is -2.31. The summed E-state index contributed by atoms with van der Waals surface area (Å²) >= 11 is 0. The molecule has 4 heteroatoms. The summed E-state index contributed by atoms with van der Waals surface area (Å²) in [7, 11) is 0. The van der Waals surface area contributed by atoms with Crippen molar-refractivity contribution in [3.63, 3.8) is 0 Å². The normalized spacial score (nSPS) is 19.6. The van der Waals surface area contributed by atoms with Crippen LogP contribution in [0.5, 0.6) is 5.75 Å². The van der Waals surface area contributed by atoms with E-state index >= 15 is 0 Å². The first-order valence-corrected chi connectivity index (χ1v) is 7.91. The van der Waals surface area contributed by atoms with E-state index in [1.54, 1.807) is 6.26 Å². The van der Waals surface area contributed by atoms with Gasteiger partial charge in [0, 0.05) is 24.5 Å². The number of hydrogen-bond donors (Lipinski definition) is 1. The highest BCUT2D eigenvalue weighted by Crippen LogP contribution is 2.29. The molecule has 1 saturated heterocycles. The Balaban J connectivity index is 1.63. The van der Waals surface area contributed by atoms with E-state index in [9.17, 15) is 0 Å². The summed E-state index contributed by atoms with van der Waals surface area (Å²) in [4.78, 5) is 0. The van der Waals surface area contributed by atoms with Crippen molar-refractivity contribution in [1.82, 2.24) is 5.32 Å². The van der Waals surface area contributed by atoms with Crippen LogP contribution in [-0.4, -0.2) is 25.8 Å². The Labute approximate surface area is 135 Å². The average molecular weight is 309 g/mol. The van der Waals surface area contributed by atoms with Crippen LogP contribution >= 0.6 is 0 Å². The third-order valence-corrected chi connectivity index (χ3v) is 4.11. The van der Waals surface area contributed by atoms with E-state index in [-0.39, 0.29) is 12.2 Å². The van der Waals surface area contributed by atoms with Crippen LogP contribution in [0, 0.1) is 0 Å². The molecular weight excluding hydrogens is 290 g/mol. The molecular formula is C19H19NO3. The van der Waals surface area contributed by atoms with E-state index in [2.05, 4.69) is 17.4 Å². The first-order valence-electron chi connectivity index (χ1n) is 7.91. The van der Waals surface area contributed by atoms with Crippen molar-refractivity contribution in [3.8, 4) is 5.75 Å². The van der Waals surface area contributed by atoms with Crippen LogP contribution in [0.4, 0.5) is 0 Å². The molecule has 1 fully saturated rings. The van der Waals surface area contributed by atoms with Crippen LogP contribution in [0.25, 0.3) is 11.0 Å². The maximum absolute atomic E-state index is 6.29. The van der Waals surface area contributed by atoms with Gasteiger partial charge >= 0.3 is 0 Å². The van der Waals surface area contributed by atoms with Gasteiger partial charge in [-0.15, -0.1) is 0 Å². The molecule has 0 bridgehead atoms. The van der Waals surface area contributed by atoms with Crippen molar-refractivity contribution in [2.24, 2.45) is 0 Å². The van der Waals surface area contributed by atoms with Crippen LogP contribution in [0.15, 0.2) is 65.3 Å². The second-order valence-corrected chi connectivity index (χ2v) is 5.68. The summed E-state index contributed by atoms with van der Waals surface area (Å²) in [6.07, 6.45) is 1.52. The number of morpholine rings is 1. The molecule has 118 valence electrons. The van der Waals surface area contributed by atoms with Gasteiger partial charge in [0.15, 0.2) is 6.10 Å². The maximum atomic E-state index is 6.29. The van der Waals surface area contributed by atoms with Gasteiger partial charge in [-0.2, -0.15) is 0 Å². The molecule has 3 aromatic rings. The summed E-state index contributed by atoms with van der Waals surface area (Å²) in [5.74, 6) is 0.787. The topological polar surface area (TPSA) is 43.6 Å². The Morgan fingerprint density at radius 2 is 2.00 bits per heavy atom. The first-order chi connectivity index (χ1) is 11.4. The first kappa shape index (κ1) is 14.3. The molecule has 1 N–H and O–H groups in total. The van der Waals surface area contributed by atoms with Gasteiger partial charge in [0.05, 0.1) is 12.9 Å². The largest absolute Gasteiger partial charge is 0.483 e. The lowest BCUT2D eigenvalue weighted by atomic mass is 10.0. The number of furan rings is 1. The molecule has 2 aromatic carbocycles. The molecule has 0 spiro atoms. The minimum atomic E-state index is -0.156. The number of rotatable bonds is 4. The van der Waals surface area contributed by atoms with Gasteiger partial charge in [-0.3, -0.25) is 0 Å². The summed E-state index contributed by atoms with van der Waals surface area (Å²) in [6.45, 7) is 2.37. The highest BCUT2D eigenvalue weighted by molar-refractivity contribution is 5.78. The predicted molar refractivity (Wildman–Crippen MR) is 88.6 cm³/mol. The molecule has 2 atom stereocenters. The van der Waals surface area contributed by atoms with Crippen molar-refractivity contribution in [1.29, 1.82) is 0 Å². The molecule has 1 unspecified atom stereocenters. The van der Waals surface area contributed by atoms with Gasteiger partial charge in [-0.05, 0) is 23.8 Å². The molecule has 0 radical (unpaired) electrons. The van der Waals surface area contributed by atoms with Crippen LogP contribution in [0.1, 0.15) is 11.7 Å². The molecule has 4 rings (SSSR count). The average Bonchev–Trinajstić information content (AvgIpc) is 3.09. The molecule has 1 aliphatic heterocycles. The lowest BCUT2D eigenvalue weighted by Crippen LogP contribution is -2.43. The molecule has 0 amide bonds. The zero-order valence-corrected chi connectivity index (χ0v) is 12.8. The molecule has 2 heterocycles. The minimum absolute atomic E-state index is 0.0153. The van der Waals surface area contributed by atoms with Gasteiger partial charge in [-0.25, -0.2) is 0 Å². The van der Waals surface area contributed by atoms with E-state index in [4.69, 9.17) is 13.9 Å². The zero-order chi connectivity index (χ0) is 15.5. The quantitative estimate of drug-likeness (QED) is 0.800. The van der Waals surface area contributed by atoms with Crippen molar-refractivity contribution < 1.29 is 13.9 Å². The summed E-state index contributed by atoms with van der Waals surface area (Å²) in [5.41, 5.74) is 1.94. The summed E-state index contributed by atoms with van der Waals surface area (Å²) in [6, 6.07) is 18.1. The second-order valence-electron chi connectivity index (χ2n) is 5.68. The third kappa shape index (κ3) is 3.09. The van der Waals surface area contributed by atoms with Gasteiger partial charge in [0.2, 0.25) is 0 Å². The molecule has 1 aliphatic rings. The fraction of sp³-hybridized carbons (Fsp3) is 0.263. The van der Waals surface area contributed by atoms with Crippen molar-refractivity contribution >= 4 is 11.0 Å². The highest BCUT2D eigenvalue weighted by Gasteiger charge is 2.27. The smallest absolute Gasteiger partial charge is 0.151 e. The van der Waals surface area contributed by atoms with E-state index in [1.165, 1.54) is 0 Å². The molecule has 4 nitrogen and oxygen atoms in total. The fourth-order valence-electron chi connectivity index (χ4n) is 2.94. The van der Waals surface area contributed by atoms with Gasteiger partial charge < -0.3 is 19.2 Å². The van der Waals surface area contributed by atoms with Crippen LogP contribution in [0.2, 0.25) is 0 Å². The Morgan fingerprint density at radius 1 is 1.09 bits per heavy atom. The summed E-state index contributed by atoms with van der Waals surface area (Å²) in [5, 5.41) is 4.45. The Hall–Kier alpha value is -2.30. The van der Waals surface area contributed by atoms with E-state index in [1.807, 2.05) is 42.5 Å². The predicted octanol–water partition coefficient (Wildman–Crippen LogP) is 3.54. The van der Waals surface area contributed by atoms with Crippen molar-refractivity contribution in [2.75, 3.05) is 19.7 Å². The standard InChI is InChI=1S/C19H19NO3/c1-2-4-15(5-3-1)19(18-13-20-9-11-22-18)23-16-7-6-14-8-10-21-17(14)12-16/h1-8,10,12,18-20H,9,11,13H2/t18?,19-/m0/s1. The van der Waals surface area contributed by atoms with Crippen LogP contribution < -0.4 is 10.1 Å². The maximum Gasteiger partial charge on any atom is 0.151 e. The number of ether oxygens (including phenoxy) is 2. The SMILES string of the molecule is c1ccc([C@H](Oc2ccc3ccoc3c2)C2CNCCO2)cc1. The van der Waals surface area contributed by atoms with Crippen molar-refractivity contribution in [3.05, 3.63) is 66.4 Å². The number of benzene rings is 2. The molecule has 0 aliphatic carbocycles. The van der Waals surface area contributed by atoms with Gasteiger partial charge in [0.25, 0.3) is 0 Å². The van der Waals surface area contributed by atoms with Crippen molar-refractivity contribution in [2.45, 2.75) is 12.2 Å². The van der Waals surface area contributed by atoms with Crippen LogP contribution in [-0.2, 0) is 4.74 Å². The minimum Gasteiger partial charge on any atom is -0.483 e. The highest BCUT2D eigenvalue weighted by atomic mass is 16.5. The lowest BCUT2D eigenvalue weighted by molar-refractivity contribution is -0.0432. The van der Waals surface area contributed by atoms with Crippen LogP contribution in [0.3, 0.4) is 0 Å². The van der Waals surface area contributed by atoms with E-state index < -0.39 is 0 Å². The molecule has 0 saturated carbocycles. The Morgan fingerprint density at radius 3 is 2.83 bits per heavy atom. The summed E-state index contributed by atoms with van der Waals surface area (Å²) < 4.78 is 17.7. The monoisotopic (exact) mass is 309 g/mol. The Bertz CT molecular complexity index is 762.